The van der Waals surface area contributed by atoms with E-state index < -0.39 is 6.10 Å². The van der Waals surface area contributed by atoms with Gasteiger partial charge in [0.1, 0.15) is 18.0 Å². The molecule has 3 rings (SSSR count). The summed E-state index contributed by atoms with van der Waals surface area (Å²) >= 11 is 0. The van der Waals surface area contributed by atoms with Crippen LogP contribution < -0.4 is 5.32 Å². The van der Waals surface area contributed by atoms with Gasteiger partial charge in [-0.25, -0.2) is 14.1 Å². The normalized spacial score (nSPS) is 19.6. The van der Waals surface area contributed by atoms with Crippen molar-refractivity contribution in [3.05, 3.63) is 47.8 Å². The summed E-state index contributed by atoms with van der Waals surface area (Å²) in [5.74, 6) is 0.681. The highest BCUT2D eigenvalue weighted by Gasteiger charge is 2.20. The SMILES string of the molecule is O[C@H](CN[C@H]1CCc2ncnn2C1)c1cccc(F)c1. The van der Waals surface area contributed by atoms with Gasteiger partial charge in [0, 0.05) is 19.0 Å². The number of benzene rings is 1. The van der Waals surface area contributed by atoms with Crippen LogP contribution in [0, 0.1) is 5.82 Å². The van der Waals surface area contributed by atoms with E-state index in [1.807, 2.05) is 4.68 Å². The fraction of sp³-hybridized carbons (Fsp3) is 0.429. The zero-order valence-corrected chi connectivity index (χ0v) is 11.0. The number of halogens is 1. The molecule has 1 aromatic carbocycles. The van der Waals surface area contributed by atoms with E-state index in [0.29, 0.717) is 12.1 Å². The number of fused-ring (bicyclic) bond motifs is 1. The second-order valence-corrected chi connectivity index (χ2v) is 5.07. The van der Waals surface area contributed by atoms with Crippen LogP contribution in [0.15, 0.2) is 30.6 Å². The second-order valence-electron chi connectivity index (χ2n) is 5.07. The number of nitrogens with zero attached hydrogens (tertiary/aromatic N) is 3. The maximum atomic E-state index is 13.1. The molecular formula is C14H17FN4O. The number of nitrogens with one attached hydrogen (secondary N) is 1. The molecule has 0 aliphatic carbocycles. The van der Waals surface area contributed by atoms with E-state index in [-0.39, 0.29) is 11.9 Å². The Balaban J connectivity index is 1.55. The summed E-state index contributed by atoms with van der Waals surface area (Å²) < 4.78 is 15.0. The van der Waals surface area contributed by atoms with Gasteiger partial charge in [0.2, 0.25) is 0 Å². The maximum Gasteiger partial charge on any atom is 0.138 e. The molecule has 1 aliphatic rings. The van der Waals surface area contributed by atoms with Crippen LogP contribution in [-0.2, 0) is 13.0 Å². The number of hydrogen-bond donors (Lipinski definition) is 2. The first kappa shape index (κ1) is 13.2. The van der Waals surface area contributed by atoms with Crippen molar-refractivity contribution in [1.29, 1.82) is 0 Å². The minimum atomic E-state index is -0.706. The first-order valence-corrected chi connectivity index (χ1v) is 6.76. The summed E-state index contributed by atoms with van der Waals surface area (Å²) in [7, 11) is 0. The molecule has 20 heavy (non-hydrogen) atoms. The van der Waals surface area contributed by atoms with Gasteiger partial charge < -0.3 is 10.4 Å². The molecule has 2 atom stereocenters. The van der Waals surface area contributed by atoms with Crippen molar-refractivity contribution < 1.29 is 9.50 Å². The van der Waals surface area contributed by atoms with E-state index >= 15 is 0 Å². The molecule has 0 bridgehead atoms. The molecular weight excluding hydrogens is 259 g/mol. The van der Waals surface area contributed by atoms with Crippen molar-refractivity contribution in [2.75, 3.05) is 6.54 Å². The Labute approximate surface area is 116 Å². The van der Waals surface area contributed by atoms with E-state index in [9.17, 15) is 9.50 Å². The van der Waals surface area contributed by atoms with Crippen LogP contribution in [0.25, 0.3) is 0 Å². The van der Waals surface area contributed by atoms with E-state index in [1.54, 1.807) is 18.5 Å². The Morgan fingerprint density at radius 2 is 2.40 bits per heavy atom. The highest BCUT2D eigenvalue weighted by Crippen LogP contribution is 2.15. The Morgan fingerprint density at radius 1 is 1.50 bits per heavy atom. The number of rotatable bonds is 4. The van der Waals surface area contributed by atoms with Crippen LogP contribution in [0.1, 0.15) is 23.9 Å². The van der Waals surface area contributed by atoms with Crippen LogP contribution in [0.4, 0.5) is 4.39 Å². The zero-order valence-electron chi connectivity index (χ0n) is 11.0. The minimum Gasteiger partial charge on any atom is -0.387 e. The van der Waals surface area contributed by atoms with E-state index in [0.717, 1.165) is 25.2 Å². The van der Waals surface area contributed by atoms with Gasteiger partial charge in [0.15, 0.2) is 0 Å². The van der Waals surface area contributed by atoms with Crippen molar-refractivity contribution in [2.24, 2.45) is 0 Å². The third-order valence-electron chi connectivity index (χ3n) is 3.64. The average Bonchev–Trinajstić information content (AvgIpc) is 2.92. The third-order valence-corrected chi connectivity index (χ3v) is 3.64. The van der Waals surface area contributed by atoms with Crippen LogP contribution in [0.3, 0.4) is 0 Å². The van der Waals surface area contributed by atoms with Crippen molar-refractivity contribution >= 4 is 0 Å². The fourth-order valence-electron chi connectivity index (χ4n) is 2.51. The molecule has 0 radical (unpaired) electrons. The van der Waals surface area contributed by atoms with E-state index in [1.165, 1.54) is 12.1 Å². The summed E-state index contributed by atoms with van der Waals surface area (Å²) in [6.07, 6.45) is 2.71. The van der Waals surface area contributed by atoms with Gasteiger partial charge >= 0.3 is 0 Å². The molecule has 1 aromatic heterocycles. The molecule has 2 heterocycles. The summed E-state index contributed by atoms with van der Waals surface area (Å²) in [6, 6.07) is 6.33. The predicted molar refractivity (Wildman–Crippen MR) is 71.5 cm³/mol. The highest BCUT2D eigenvalue weighted by atomic mass is 19.1. The first-order chi connectivity index (χ1) is 9.72. The first-order valence-electron chi connectivity index (χ1n) is 6.76. The quantitative estimate of drug-likeness (QED) is 0.876. The van der Waals surface area contributed by atoms with Crippen LogP contribution in [-0.4, -0.2) is 32.5 Å². The Kier molecular flexibility index (Phi) is 3.75. The smallest absolute Gasteiger partial charge is 0.138 e. The molecule has 106 valence electrons. The van der Waals surface area contributed by atoms with E-state index in [4.69, 9.17) is 0 Å². The Hall–Kier alpha value is -1.79. The van der Waals surface area contributed by atoms with Crippen LogP contribution in [0.5, 0.6) is 0 Å². The number of aliphatic hydroxyl groups excluding tert-OH is 1. The lowest BCUT2D eigenvalue weighted by molar-refractivity contribution is 0.164. The fourth-order valence-corrected chi connectivity index (χ4v) is 2.51. The molecule has 0 saturated carbocycles. The maximum absolute atomic E-state index is 13.1. The van der Waals surface area contributed by atoms with Crippen molar-refractivity contribution in [2.45, 2.75) is 31.5 Å². The predicted octanol–water partition coefficient (Wildman–Crippen LogP) is 1.06. The molecule has 0 amide bonds. The zero-order chi connectivity index (χ0) is 13.9. The standard InChI is InChI=1S/C14H17FN4O/c15-11-3-1-2-10(6-11)13(20)7-16-12-4-5-14-17-9-18-19(14)8-12/h1-3,6,9,12-13,16,20H,4-5,7-8H2/t12-,13+/m0/s1. The van der Waals surface area contributed by atoms with Crippen LogP contribution in [0.2, 0.25) is 0 Å². The summed E-state index contributed by atoms with van der Waals surface area (Å²) in [5.41, 5.74) is 0.592. The minimum absolute atomic E-state index is 0.257. The van der Waals surface area contributed by atoms with E-state index in [2.05, 4.69) is 15.4 Å². The van der Waals surface area contributed by atoms with Gasteiger partial charge in [-0.3, -0.25) is 0 Å². The topological polar surface area (TPSA) is 63.0 Å². The Bertz CT molecular complexity index is 586. The summed E-state index contributed by atoms with van der Waals surface area (Å²) in [5, 5.41) is 17.5. The number of aliphatic hydroxyl groups is 1. The lowest BCUT2D eigenvalue weighted by atomic mass is 10.1. The molecule has 0 spiro atoms. The molecule has 0 fully saturated rings. The lowest BCUT2D eigenvalue weighted by Gasteiger charge is -2.25. The molecule has 1 aliphatic heterocycles. The van der Waals surface area contributed by atoms with Gasteiger partial charge in [0.25, 0.3) is 0 Å². The van der Waals surface area contributed by atoms with Crippen molar-refractivity contribution in [3.8, 4) is 0 Å². The molecule has 6 heteroatoms. The third kappa shape index (κ3) is 2.86. The highest BCUT2D eigenvalue weighted by molar-refractivity contribution is 5.19. The van der Waals surface area contributed by atoms with Gasteiger partial charge in [-0.2, -0.15) is 5.10 Å². The molecule has 5 nitrogen and oxygen atoms in total. The van der Waals surface area contributed by atoms with Gasteiger partial charge in [-0.15, -0.1) is 0 Å². The molecule has 2 N–H and O–H groups in total. The number of aryl methyl sites for hydroxylation is 1. The molecule has 0 unspecified atom stereocenters. The van der Waals surface area contributed by atoms with Gasteiger partial charge in [-0.1, -0.05) is 12.1 Å². The summed E-state index contributed by atoms with van der Waals surface area (Å²) in [6.45, 7) is 1.16. The second kappa shape index (κ2) is 5.68. The van der Waals surface area contributed by atoms with Crippen LogP contribution >= 0.6 is 0 Å². The molecule has 0 saturated heterocycles. The average molecular weight is 276 g/mol. The monoisotopic (exact) mass is 276 g/mol. The summed E-state index contributed by atoms with van der Waals surface area (Å²) in [4.78, 5) is 4.18. The van der Waals surface area contributed by atoms with Crippen molar-refractivity contribution in [1.82, 2.24) is 20.1 Å². The Morgan fingerprint density at radius 3 is 3.25 bits per heavy atom. The number of aromatic nitrogens is 3. The number of hydrogen-bond acceptors (Lipinski definition) is 4. The molecule has 2 aromatic rings. The van der Waals surface area contributed by atoms with Gasteiger partial charge in [0.05, 0.1) is 12.6 Å². The van der Waals surface area contributed by atoms with Gasteiger partial charge in [-0.05, 0) is 24.1 Å². The lowest BCUT2D eigenvalue weighted by Crippen LogP contribution is -2.39. The van der Waals surface area contributed by atoms with Crippen molar-refractivity contribution in [3.63, 3.8) is 0 Å². The largest absolute Gasteiger partial charge is 0.387 e.